The highest BCUT2D eigenvalue weighted by atomic mass is 19.1. The van der Waals surface area contributed by atoms with E-state index >= 15 is 0 Å². The Hall–Kier alpha value is -3.53. The Kier molecular flexibility index (Phi) is 3.93. The van der Waals surface area contributed by atoms with Gasteiger partial charge in [0.2, 0.25) is 0 Å². The van der Waals surface area contributed by atoms with E-state index in [1.165, 1.54) is 12.1 Å². The zero-order chi connectivity index (χ0) is 18.1. The summed E-state index contributed by atoms with van der Waals surface area (Å²) >= 11 is 0. The number of fused-ring (bicyclic) bond motifs is 1. The summed E-state index contributed by atoms with van der Waals surface area (Å²) in [6.45, 7) is 0. The molecule has 3 nitrogen and oxygen atoms in total. The summed E-state index contributed by atoms with van der Waals surface area (Å²) in [6, 6.07) is 21.0. The van der Waals surface area contributed by atoms with Crippen LogP contribution in [0.15, 0.2) is 79.0 Å². The van der Waals surface area contributed by atoms with Gasteiger partial charge in [-0.15, -0.1) is 0 Å². The summed E-state index contributed by atoms with van der Waals surface area (Å²) in [5, 5.41) is 9.95. The molecular formula is C22H14FNO2. The van der Waals surface area contributed by atoms with E-state index in [1.54, 1.807) is 36.5 Å². The van der Waals surface area contributed by atoms with Gasteiger partial charge in [0.25, 0.3) is 0 Å². The first-order valence-corrected chi connectivity index (χ1v) is 8.10. The average molecular weight is 343 g/mol. The number of pyridine rings is 1. The van der Waals surface area contributed by atoms with Crippen LogP contribution in [-0.2, 0) is 0 Å². The molecule has 0 saturated carbocycles. The molecule has 0 spiro atoms. The summed E-state index contributed by atoms with van der Waals surface area (Å²) < 4.78 is 13.4. The van der Waals surface area contributed by atoms with Crippen LogP contribution in [0.2, 0.25) is 0 Å². The van der Waals surface area contributed by atoms with E-state index in [0.717, 1.165) is 33.2 Å². The lowest BCUT2D eigenvalue weighted by molar-refractivity contribution is 0.0697. The number of rotatable bonds is 3. The topological polar surface area (TPSA) is 50.2 Å². The van der Waals surface area contributed by atoms with Gasteiger partial charge in [-0.05, 0) is 53.1 Å². The summed E-state index contributed by atoms with van der Waals surface area (Å²) in [7, 11) is 0. The fourth-order valence-electron chi connectivity index (χ4n) is 2.93. The lowest BCUT2D eigenvalue weighted by Gasteiger charge is -2.07. The van der Waals surface area contributed by atoms with Crippen LogP contribution in [0, 0.1) is 5.82 Å². The molecule has 0 aliphatic rings. The van der Waals surface area contributed by atoms with E-state index < -0.39 is 5.97 Å². The average Bonchev–Trinajstić information content (AvgIpc) is 2.67. The lowest BCUT2D eigenvalue weighted by atomic mass is 10.0. The predicted octanol–water partition coefficient (Wildman–Crippen LogP) is 5.41. The predicted molar refractivity (Wildman–Crippen MR) is 99.5 cm³/mol. The van der Waals surface area contributed by atoms with Crippen molar-refractivity contribution in [2.24, 2.45) is 0 Å². The number of hydrogen-bond acceptors (Lipinski definition) is 2. The first-order valence-electron chi connectivity index (χ1n) is 8.10. The summed E-state index contributed by atoms with van der Waals surface area (Å²) in [5.41, 5.74) is 4.61. The lowest BCUT2D eigenvalue weighted by Crippen LogP contribution is -1.95. The number of nitrogens with zero attached hydrogens (tertiary/aromatic N) is 1. The molecule has 4 rings (SSSR count). The van der Waals surface area contributed by atoms with Crippen LogP contribution in [0.3, 0.4) is 0 Å². The molecular weight excluding hydrogens is 329 g/mol. The third-order valence-corrected chi connectivity index (χ3v) is 4.31. The molecule has 0 amide bonds. The highest BCUT2D eigenvalue weighted by Gasteiger charge is 2.06. The van der Waals surface area contributed by atoms with Gasteiger partial charge < -0.3 is 5.11 Å². The summed E-state index contributed by atoms with van der Waals surface area (Å²) in [6.07, 6.45) is 1.73. The van der Waals surface area contributed by atoms with Crippen molar-refractivity contribution < 1.29 is 14.3 Å². The molecule has 0 atom stereocenters. The molecule has 126 valence electrons. The van der Waals surface area contributed by atoms with Gasteiger partial charge >= 0.3 is 5.97 Å². The Bertz CT molecular complexity index is 1120. The summed E-state index contributed by atoms with van der Waals surface area (Å²) in [5.74, 6) is -1.22. The highest BCUT2D eigenvalue weighted by Crippen LogP contribution is 2.27. The Balaban J connectivity index is 1.72. The number of benzene rings is 3. The van der Waals surface area contributed by atoms with Crippen LogP contribution in [0.25, 0.3) is 33.2 Å². The van der Waals surface area contributed by atoms with E-state index in [4.69, 9.17) is 5.11 Å². The van der Waals surface area contributed by atoms with Crippen molar-refractivity contribution in [1.29, 1.82) is 0 Å². The third kappa shape index (κ3) is 3.05. The van der Waals surface area contributed by atoms with Crippen molar-refractivity contribution in [1.82, 2.24) is 4.98 Å². The molecule has 0 radical (unpaired) electrons. The number of halogens is 1. The van der Waals surface area contributed by atoms with E-state index in [2.05, 4.69) is 4.98 Å². The zero-order valence-electron chi connectivity index (χ0n) is 13.7. The molecule has 4 heteroatoms. The fraction of sp³-hybridized carbons (Fsp3) is 0. The van der Waals surface area contributed by atoms with E-state index in [-0.39, 0.29) is 11.4 Å². The van der Waals surface area contributed by atoms with Gasteiger partial charge in [-0.2, -0.15) is 0 Å². The first kappa shape index (κ1) is 16.0. The SMILES string of the molecule is O=C(O)c1ccc(-c2ccc3cc(-c4cccc(F)c4)cnc3c2)cc1. The van der Waals surface area contributed by atoms with Gasteiger partial charge in [-0.3, -0.25) is 4.98 Å². The van der Waals surface area contributed by atoms with Crippen molar-refractivity contribution in [3.63, 3.8) is 0 Å². The molecule has 0 fully saturated rings. The monoisotopic (exact) mass is 343 g/mol. The third-order valence-electron chi connectivity index (χ3n) is 4.31. The number of hydrogen-bond donors (Lipinski definition) is 1. The maximum atomic E-state index is 13.4. The molecule has 3 aromatic carbocycles. The second-order valence-corrected chi connectivity index (χ2v) is 6.02. The molecule has 1 heterocycles. The van der Waals surface area contributed by atoms with Crippen molar-refractivity contribution in [2.45, 2.75) is 0 Å². The van der Waals surface area contributed by atoms with Crippen LogP contribution >= 0.6 is 0 Å². The van der Waals surface area contributed by atoms with E-state index in [0.29, 0.717) is 0 Å². The largest absolute Gasteiger partial charge is 0.478 e. The Morgan fingerprint density at radius 1 is 0.808 bits per heavy atom. The standard InChI is InChI=1S/C22H14FNO2/c23-20-3-1-2-16(11-20)19-10-18-9-8-17(12-21(18)24-13-19)14-4-6-15(7-5-14)22(25)26/h1-13H,(H,25,26). The van der Waals surface area contributed by atoms with Gasteiger partial charge in [-0.1, -0.05) is 36.4 Å². The van der Waals surface area contributed by atoms with Crippen LogP contribution in [0.5, 0.6) is 0 Å². The number of carboxylic acids is 1. The van der Waals surface area contributed by atoms with Crippen LogP contribution in [-0.4, -0.2) is 16.1 Å². The Labute approximate surface area is 149 Å². The molecule has 0 unspecified atom stereocenters. The van der Waals surface area contributed by atoms with Crippen LogP contribution in [0.1, 0.15) is 10.4 Å². The van der Waals surface area contributed by atoms with Gasteiger partial charge in [0.05, 0.1) is 11.1 Å². The second-order valence-electron chi connectivity index (χ2n) is 6.02. The minimum Gasteiger partial charge on any atom is -0.478 e. The van der Waals surface area contributed by atoms with Gasteiger partial charge in [0, 0.05) is 17.1 Å². The molecule has 0 saturated heterocycles. The molecule has 0 aliphatic carbocycles. The molecule has 1 aromatic heterocycles. The minimum absolute atomic E-state index is 0.257. The number of carbonyl (C=O) groups is 1. The Morgan fingerprint density at radius 2 is 1.54 bits per heavy atom. The normalized spacial score (nSPS) is 10.8. The smallest absolute Gasteiger partial charge is 0.335 e. The number of aromatic carboxylic acids is 1. The van der Waals surface area contributed by atoms with Crippen molar-refractivity contribution in [3.05, 3.63) is 90.4 Å². The van der Waals surface area contributed by atoms with Gasteiger partial charge in [-0.25, -0.2) is 9.18 Å². The zero-order valence-corrected chi connectivity index (χ0v) is 13.7. The fourth-order valence-corrected chi connectivity index (χ4v) is 2.93. The van der Waals surface area contributed by atoms with Crippen molar-refractivity contribution in [3.8, 4) is 22.3 Å². The maximum Gasteiger partial charge on any atom is 0.335 e. The van der Waals surface area contributed by atoms with E-state index in [1.807, 2.05) is 30.3 Å². The van der Waals surface area contributed by atoms with Crippen LogP contribution in [0.4, 0.5) is 4.39 Å². The number of aromatic nitrogens is 1. The van der Waals surface area contributed by atoms with E-state index in [9.17, 15) is 9.18 Å². The molecule has 0 bridgehead atoms. The quantitative estimate of drug-likeness (QED) is 0.541. The summed E-state index contributed by atoms with van der Waals surface area (Å²) in [4.78, 5) is 15.5. The maximum absolute atomic E-state index is 13.4. The molecule has 1 N–H and O–H groups in total. The van der Waals surface area contributed by atoms with Gasteiger partial charge in [0.1, 0.15) is 5.82 Å². The first-order chi connectivity index (χ1) is 12.6. The highest BCUT2D eigenvalue weighted by molar-refractivity contribution is 5.90. The molecule has 0 aliphatic heterocycles. The number of carboxylic acid groups (broad SMARTS) is 1. The Morgan fingerprint density at radius 3 is 2.27 bits per heavy atom. The second kappa shape index (κ2) is 6.41. The molecule has 26 heavy (non-hydrogen) atoms. The van der Waals surface area contributed by atoms with Crippen LogP contribution < -0.4 is 0 Å². The molecule has 4 aromatic rings. The van der Waals surface area contributed by atoms with Crippen molar-refractivity contribution >= 4 is 16.9 Å². The van der Waals surface area contributed by atoms with Crippen molar-refractivity contribution in [2.75, 3.05) is 0 Å². The minimum atomic E-state index is -0.943. The van der Waals surface area contributed by atoms with Gasteiger partial charge in [0.15, 0.2) is 0 Å².